The second-order valence-electron chi connectivity index (χ2n) is 10.6. The quantitative estimate of drug-likeness (QED) is 0.646. The molecule has 6 rings (SSSR count). The number of likely N-dealkylation sites (tertiary alicyclic amines) is 1. The van der Waals surface area contributed by atoms with Crippen LogP contribution in [0, 0.1) is 29.6 Å². The van der Waals surface area contributed by atoms with E-state index in [1.54, 1.807) is 0 Å². The van der Waals surface area contributed by atoms with Crippen molar-refractivity contribution in [2.75, 3.05) is 30.3 Å². The fourth-order valence-electron chi connectivity index (χ4n) is 6.79. The molecule has 1 aromatic carbocycles. The molecule has 2 bridgehead atoms. The number of nitrogens with zero attached hydrogens (tertiary/aromatic N) is 3. The lowest BCUT2D eigenvalue weighted by molar-refractivity contribution is -0.114. The second-order valence-corrected chi connectivity index (χ2v) is 10.6. The summed E-state index contributed by atoms with van der Waals surface area (Å²) in [6, 6.07) is 8.20. The Morgan fingerprint density at radius 1 is 1.00 bits per heavy atom. The van der Waals surface area contributed by atoms with Gasteiger partial charge in [0.2, 0.25) is 5.91 Å². The van der Waals surface area contributed by atoms with Crippen LogP contribution in [0.3, 0.4) is 0 Å². The molecule has 0 spiro atoms. The first kappa shape index (κ1) is 20.8. The van der Waals surface area contributed by atoms with Crippen LogP contribution in [-0.2, 0) is 4.79 Å². The van der Waals surface area contributed by atoms with Crippen molar-refractivity contribution in [1.29, 1.82) is 0 Å². The number of hydrogen-bond donors (Lipinski definition) is 2. The Balaban J connectivity index is 0.999. The molecule has 4 unspecified atom stereocenters. The van der Waals surface area contributed by atoms with Gasteiger partial charge in [0.05, 0.1) is 18.1 Å². The second kappa shape index (κ2) is 8.56. The van der Waals surface area contributed by atoms with Gasteiger partial charge in [0.15, 0.2) is 0 Å². The van der Waals surface area contributed by atoms with E-state index in [9.17, 15) is 4.79 Å². The Kier molecular flexibility index (Phi) is 5.41. The number of aromatic nitrogens is 2. The van der Waals surface area contributed by atoms with Crippen LogP contribution < -0.4 is 10.6 Å². The molecule has 6 heteroatoms. The Labute approximate surface area is 195 Å². The number of amides is 1. The van der Waals surface area contributed by atoms with Crippen molar-refractivity contribution in [2.45, 2.75) is 38.6 Å². The van der Waals surface area contributed by atoms with Gasteiger partial charge in [-0.1, -0.05) is 24.3 Å². The van der Waals surface area contributed by atoms with Gasteiger partial charge in [-0.05, 0) is 67.4 Å². The monoisotopic (exact) mass is 443 g/mol. The molecule has 1 saturated heterocycles. The molecule has 4 aliphatic rings. The van der Waals surface area contributed by atoms with Crippen molar-refractivity contribution >= 4 is 17.4 Å². The predicted molar refractivity (Wildman–Crippen MR) is 131 cm³/mol. The summed E-state index contributed by atoms with van der Waals surface area (Å²) < 4.78 is 0. The number of nitrogens with one attached hydrogen (secondary N) is 2. The molecule has 6 nitrogen and oxygen atoms in total. The molecule has 2 aromatic rings. The maximum atomic E-state index is 11.2. The van der Waals surface area contributed by atoms with Gasteiger partial charge in [-0.25, -0.2) is 4.98 Å². The summed E-state index contributed by atoms with van der Waals surface area (Å²) in [7, 11) is 0. The molecule has 33 heavy (non-hydrogen) atoms. The molecule has 172 valence electrons. The average Bonchev–Trinajstić information content (AvgIpc) is 3.56. The smallest absolute Gasteiger partial charge is 0.221 e. The first-order valence-electron chi connectivity index (χ1n) is 12.5. The van der Waals surface area contributed by atoms with Gasteiger partial charge < -0.3 is 15.5 Å². The van der Waals surface area contributed by atoms with Crippen LogP contribution in [0.4, 0.5) is 11.5 Å². The summed E-state index contributed by atoms with van der Waals surface area (Å²) in [5, 5.41) is 6.43. The van der Waals surface area contributed by atoms with E-state index >= 15 is 0 Å². The predicted octanol–water partition coefficient (Wildman–Crippen LogP) is 4.44. The molecule has 0 radical (unpaired) electrons. The van der Waals surface area contributed by atoms with E-state index in [0.717, 1.165) is 52.4 Å². The zero-order valence-electron chi connectivity index (χ0n) is 19.3. The highest BCUT2D eigenvalue weighted by molar-refractivity contribution is 5.88. The molecule has 1 amide bonds. The SMILES string of the molecule is CC(=O)Nc1ccc(-c2cnc(NC3C[C@@H]4CN(CC5CC6C=CC5C6)C[C@@H]4C3)cn2)cc1. The summed E-state index contributed by atoms with van der Waals surface area (Å²) in [5.74, 6) is 5.09. The number of hydrogen-bond acceptors (Lipinski definition) is 5. The fraction of sp³-hybridized carbons (Fsp3) is 0.519. The molecule has 2 N–H and O–H groups in total. The number of rotatable bonds is 6. The van der Waals surface area contributed by atoms with Gasteiger partial charge in [-0.2, -0.15) is 0 Å². The van der Waals surface area contributed by atoms with Gasteiger partial charge in [-0.15, -0.1) is 0 Å². The highest BCUT2D eigenvalue weighted by Crippen LogP contribution is 2.45. The number of anilines is 2. The van der Waals surface area contributed by atoms with E-state index in [4.69, 9.17) is 0 Å². The number of benzene rings is 1. The van der Waals surface area contributed by atoms with E-state index in [-0.39, 0.29) is 5.91 Å². The van der Waals surface area contributed by atoms with Gasteiger partial charge in [0, 0.05) is 43.9 Å². The maximum absolute atomic E-state index is 11.2. The van der Waals surface area contributed by atoms with E-state index in [1.165, 1.54) is 52.2 Å². The van der Waals surface area contributed by atoms with Crippen molar-refractivity contribution in [3.05, 3.63) is 48.8 Å². The summed E-state index contributed by atoms with van der Waals surface area (Å²) in [5.41, 5.74) is 2.61. The normalized spacial score (nSPS) is 32.3. The lowest BCUT2D eigenvalue weighted by Gasteiger charge is -2.26. The molecular formula is C27H33N5O. The van der Waals surface area contributed by atoms with E-state index in [0.29, 0.717) is 6.04 Å². The van der Waals surface area contributed by atoms with Gasteiger partial charge in [0.1, 0.15) is 5.82 Å². The average molecular weight is 444 g/mol. The zero-order chi connectivity index (χ0) is 22.4. The van der Waals surface area contributed by atoms with Crippen molar-refractivity contribution in [3.8, 4) is 11.3 Å². The number of carbonyl (C=O) groups excluding carboxylic acids is 1. The molecule has 3 fully saturated rings. The molecular weight excluding hydrogens is 410 g/mol. The lowest BCUT2D eigenvalue weighted by Crippen LogP contribution is -2.31. The Morgan fingerprint density at radius 2 is 1.79 bits per heavy atom. The topological polar surface area (TPSA) is 70.2 Å². The molecule has 2 heterocycles. The third-order valence-corrected chi connectivity index (χ3v) is 8.24. The van der Waals surface area contributed by atoms with E-state index in [2.05, 4.69) is 37.7 Å². The van der Waals surface area contributed by atoms with E-state index in [1.807, 2.05) is 36.7 Å². The molecule has 1 aromatic heterocycles. The summed E-state index contributed by atoms with van der Waals surface area (Å²) >= 11 is 0. The molecule has 3 aliphatic carbocycles. The van der Waals surface area contributed by atoms with Crippen LogP contribution in [-0.4, -0.2) is 46.5 Å². The molecule has 1 aliphatic heterocycles. The summed E-state index contributed by atoms with van der Waals surface area (Å²) in [6.45, 7) is 5.38. The Morgan fingerprint density at radius 3 is 2.39 bits per heavy atom. The third kappa shape index (κ3) is 4.41. The molecule has 6 atom stereocenters. The third-order valence-electron chi connectivity index (χ3n) is 8.24. The summed E-state index contributed by atoms with van der Waals surface area (Å²) in [6.07, 6.45) is 13.9. The number of carbonyl (C=O) groups is 1. The first-order valence-corrected chi connectivity index (χ1v) is 12.5. The van der Waals surface area contributed by atoms with Crippen LogP contribution >= 0.6 is 0 Å². The minimum atomic E-state index is -0.0697. The minimum absolute atomic E-state index is 0.0697. The minimum Gasteiger partial charge on any atom is -0.366 e. The summed E-state index contributed by atoms with van der Waals surface area (Å²) in [4.78, 5) is 23.2. The van der Waals surface area contributed by atoms with Crippen LogP contribution in [0.25, 0.3) is 11.3 Å². The van der Waals surface area contributed by atoms with Crippen LogP contribution in [0.1, 0.15) is 32.6 Å². The van der Waals surface area contributed by atoms with Crippen molar-refractivity contribution in [2.24, 2.45) is 29.6 Å². The standard InChI is InChI=1S/C27H33N5O/c1-17(33)30-24-6-4-19(5-7-24)26-12-29-27(13-28-26)31-25-10-22-15-32(16-23(22)11-25)14-21-9-18-2-3-20(21)8-18/h2-7,12-13,18,20-23,25H,8-11,14-16H2,1H3,(H,29,31)(H,30,33)/t18?,20?,21?,22-,23+,25?. The van der Waals surface area contributed by atoms with Crippen LogP contribution in [0.15, 0.2) is 48.8 Å². The highest BCUT2D eigenvalue weighted by atomic mass is 16.1. The van der Waals surface area contributed by atoms with Crippen LogP contribution in [0.5, 0.6) is 0 Å². The van der Waals surface area contributed by atoms with Gasteiger partial charge in [-0.3, -0.25) is 9.78 Å². The Hall–Kier alpha value is -2.73. The van der Waals surface area contributed by atoms with Crippen molar-refractivity contribution in [1.82, 2.24) is 14.9 Å². The first-order chi connectivity index (χ1) is 16.1. The fourth-order valence-corrected chi connectivity index (χ4v) is 6.79. The zero-order valence-corrected chi connectivity index (χ0v) is 19.3. The van der Waals surface area contributed by atoms with Crippen molar-refractivity contribution < 1.29 is 4.79 Å². The van der Waals surface area contributed by atoms with Crippen LogP contribution in [0.2, 0.25) is 0 Å². The van der Waals surface area contributed by atoms with Gasteiger partial charge in [0.25, 0.3) is 0 Å². The number of allylic oxidation sites excluding steroid dienone is 2. The number of fused-ring (bicyclic) bond motifs is 3. The van der Waals surface area contributed by atoms with Gasteiger partial charge >= 0.3 is 0 Å². The highest BCUT2D eigenvalue weighted by Gasteiger charge is 2.43. The van der Waals surface area contributed by atoms with Crippen molar-refractivity contribution in [3.63, 3.8) is 0 Å². The largest absolute Gasteiger partial charge is 0.366 e. The Bertz CT molecular complexity index is 1020. The lowest BCUT2D eigenvalue weighted by atomic mass is 9.93. The van der Waals surface area contributed by atoms with E-state index < -0.39 is 0 Å². The maximum Gasteiger partial charge on any atom is 0.221 e. The molecule has 2 saturated carbocycles.